The minimum Gasteiger partial charge on any atom is -0.354 e. The molecule has 0 spiro atoms. The van der Waals surface area contributed by atoms with Crippen molar-refractivity contribution in [2.75, 3.05) is 33.2 Å². The number of rotatable bonds is 3. The van der Waals surface area contributed by atoms with Crippen molar-refractivity contribution in [3.05, 3.63) is 60.2 Å². The number of fused-ring (bicyclic) bond motifs is 1. The van der Waals surface area contributed by atoms with E-state index in [4.69, 9.17) is 5.10 Å². The van der Waals surface area contributed by atoms with E-state index in [1.165, 1.54) is 10.9 Å². The number of piperazine rings is 1. The second-order valence-corrected chi connectivity index (χ2v) is 6.33. The molecule has 0 unspecified atom stereocenters. The largest absolute Gasteiger partial charge is 0.354 e. The van der Waals surface area contributed by atoms with Crippen molar-refractivity contribution in [3.8, 4) is 11.3 Å². The lowest BCUT2D eigenvalue weighted by molar-refractivity contribution is 0.159. The van der Waals surface area contributed by atoms with Crippen LogP contribution in [0.25, 0.3) is 22.2 Å². The second kappa shape index (κ2) is 6.49. The van der Waals surface area contributed by atoms with Crippen molar-refractivity contribution < 1.29 is 0 Å². The molecule has 3 aromatic rings. The Bertz CT molecular complexity index is 842. The average molecular weight is 318 g/mol. The Kier molecular flexibility index (Phi) is 4.05. The molecule has 0 amide bonds. The van der Waals surface area contributed by atoms with Crippen LogP contribution in [0.2, 0.25) is 0 Å². The molecule has 24 heavy (non-hydrogen) atoms. The van der Waals surface area contributed by atoms with Crippen LogP contribution in [0.5, 0.6) is 0 Å². The first-order valence-electron chi connectivity index (χ1n) is 8.45. The lowest BCUT2D eigenvalue weighted by Crippen LogP contribution is -2.41. The molecule has 1 aliphatic heterocycles. The van der Waals surface area contributed by atoms with E-state index in [1.54, 1.807) is 0 Å². The summed E-state index contributed by atoms with van der Waals surface area (Å²) in [7, 11) is 2.16. The van der Waals surface area contributed by atoms with Crippen LogP contribution >= 0.6 is 0 Å². The van der Waals surface area contributed by atoms with Crippen molar-refractivity contribution in [1.29, 1.82) is 0 Å². The van der Waals surface area contributed by atoms with Crippen LogP contribution in [-0.4, -0.2) is 54.3 Å². The molecule has 0 saturated carbocycles. The van der Waals surface area contributed by atoms with E-state index >= 15 is 0 Å². The zero-order chi connectivity index (χ0) is 16.4. The fourth-order valence-electron chi connectivity index (χ4n) is 3.18. The van der Waals surface area contributed by atoms with Crippen molar-refractivity contribution >= 4 is 17.1 Å². The van der Waals surface area contributed by atoms with Gasteiger partial charge in [0.05, 0.1) is 11.9 Å². The van der Waals surface area contributed by atoms with E-state index < -0.39 is 0 Å². The summed E-state index contributed by atoms with van der Waals surface area (Å²) in [6.07, 6.45) is 2.02. The molecule has 1 fully saturated rings. The highest BCUT2D eigenvalue weighted by atomic mass is 15.5. The molecule has 0 aliphatic carbocycles. The van der Waals surface area contributed by atoms with Gasteiger partial charge in [-0.2, -0.15) is 5.10 Å². The minimum atomic E-state index is 0.982. The summed E-state index contributed by atoms with van der Waals surface area (Å²) in [6, 6.07) is 18.9. The molecule has 1 N–H and O–H groups in total. The predicted octanol–water partition coefficient (Wildman–Crippen LogP) is 3.42. The second-order valence-electron chi connectivity index (χ2n) is 6.33. The molecule has 4 rings (SSSR count). The Morgan fingerprint density at radius 1 is 0.917 bits per heavy atom. The number of benzene rings is 2. The Morgan fingerprint density at radius 2 is 1.62 bits per heavy atom. The summed E-state index contributed by atoms with van der Waals surface area (Å²) >= 11 is 0. The van der Waals surface area contributed by atoms with Crippen molar-refractivity contribution in [2.45, 2.75) is 0 Å². The van der Waals surface area contributed by atoms with Crippen LogP contribution in [0.4, 0.5) is 0 Å². The molecule has 0 radical (unpaired) electrons. The van der Waals surface area contributed by atoms with Gasteiger partial charge in [0, 0.05) is 42.6 Å². The standard InChI is InChI=1S/C20H22N4/c1-23-11-13-24(14-12-23)21-15-18-17-9-5-6-10-19(17)22-20(18)16-7-3-2-4-8-16/h2-10,15,22H,11-14H2,1H3. The van der Waals surface area contributed by atoms with Crippen LogP contribution in [0.1, 0.15) is 5.56 Å². The first-order valence-corrected chi connectivity index (χ1v) is 8.45. The normalized spacial score (nSPS) is 16.3. The first kappa shape index (κ1) is 15.0. The third kappa shape index (κ3) is 2.93. The molecule has 4 nitrogen and oxygen atoms in total. The van der Waals surface area contributed by atoms with Gasteiger partial charge < -0.3 is 9.88 Å². The van der Waals surface area contributed by atoms with E-state index in [9.17, 15) is 0 Å². The van der Waals surface area contributed by atoms with Crippen molar-refractivity contribution in [3.63, 3.8) is 0 Å². The summed E-state index contributed by atoms with van der Waals surface area (Å²) in [5.41, 5.74) is 4.63. The number of likely N-dealkylation sites (N-methyl/N-ethyl adjacent to an activating group) is 1. The van der Waals surface area contributed by atoms with Gasteiger partial charge in [-0.25, -0.2) is 0 Å². The number of nitrogens with one attached hydrogen (secondary N) is 1. The topological polar surface area (TPSA) is 34.6 Å². The maximum atomic E-state index is 4.76. The number of nitrogens with zero attached hydrogens (tertiary/aromatic N) is 3. The smallest absolute Gasteiger partial charge is 0.0570 e. The number of hydrazone groups is 1. The minimum absolute atomic E-state index is 0.982. The molecule has 1 aromatic heterocycles. The summed E-state index contributed by atoms with van der Waals surface area (Å²) in [5, 5.41) is 8.14. The van der Waals surface area contributed by atoms with Gasteiger partial charge in [-0.1, -0.05) is 48.5 Å². The Balaban J connectivity index is 1.73. The number of hydrogen-bond acceptors (Lipinski definition) is 3. The highest BCUT2D eigenvalue weighted by Crippen LogP contribution is 2.29. The van der Waals surface area contributed by atoms with Crippen LogP contribution in [0.3, 0.4) is 0 Å². The van der Waals surface area contributed by atoms with Gasteiger partial charge in [-0.3, -0.25) is 5.01 Å². The maximum Gasteiger partial charge on any atom is 0.0570 e. The van der Waals surface area contributed by atoms with Gasteiger partial charge in [0.2, 0.25) is 0 Å². The number of aromatic nitrogens is 1. The quantitative estimate of drug-likeness (QED) is 0.751. The van der Waals surface area contributed by atoms with E-state index in [0.717, 1.165) is 43.0 Å². The summed E-state index contributed by atoms with van der Waals surface area (Å²) < 4.78 is 0. The van der Waals surface area contributed by atoms with E-state index in [0.29, 0.717) is 0 Å². The third-order valence-electron chi connectivity index (χ3n) is 4.64. The molecule has 4 heteroatoms. The highest BCUT2D eigenvalue weighted by Gasteiger charge is 2.14. The SMILES string of the molecule is CN1CCN(N=Cc2c(-c3ccccc3)[nH]c3ccccc23)CC1. The Morgan fingerprint density at radius 3 is 2.42 bits per heavy atom. The average Bonchev–Trinajstić information content (AvgIpc) is 3.01. The van der Waals surface area contributed by atoms with Gasteiger partial charge in [0.15, 0.2) is 0 Å². The van der Waals surface area contributed by atoms with E-state index in [2.05, 4.69) is 70.5 Å². The summed E-state index contributed by atoms with van der Waals surface area (Å²) in [6.45, 7) is 4.10. The van der Waals surface area contributed by atoms with Crippen molar-refractivity contribution in [1.82, 2.24) is 14.9 Å². The molecule has 0 atom stereocenters. The van der Waals surface area contributed by atoms with E-state index in [-0.39, 0.29) is 0 Å². The fourth-order valence-corrected chi connectivity index (χ4v) is 3.18. The first-order chi connectivity index (χ1) is 11.8. The number of para-hydroxylation sites is 1. The summed E-state index contributed by atoms with van der Waals surface area (Å²) in [4.78, 5) is 5.90. The molecule has 0 bridgehead atoms. The fraction of sp³-hybridized carbons (Fsp3) is 0.250. The molecule has 1 saturated heterocycles. The molecule has 1 aliphatic rings. The lowest BCUT2D eigenvalue weighted by Gasteiger charge is -2.30. The molecule has 2 aromatic carbocycles. The monoisotopic (exact) mass is 318 g/mol. The summed E-state index contributed by atoms with van der Waals surface area (Å²) in [5.74, 6) is 0. The van der Waals surface area contributed by atoms with Gasteiger partial charge >= 0.3 is 0 Å². The van der Waals surface area contributed by atoms with Crippen LogP contribution in [0, 0.1) is 0 Å². The van der Waals surface area contributed by atoms with Gasteiger partial charge in [-0.05, 0) is 18.7 Å². The molecule has 122 valence electrons. The van der Waals surface area contributed by atoms with E-state index in [1.807, 2.05) is 12.3 Å². The maximum absolute atomic E-state index is 4.76. The molecule has 2 heterocycles. The lowest BCUT2D eigenvalue weighted by atomic mass is 10.1. The van der Waals surface area contributed by atoms with Gasteiger partial charge in [0.1, 0.15) is 0 Å². The number of aromatic amines is 1. The van der Waals surface area contributed by atoms with Crippen LogP contribution < -0.4 is 0 Å². The highest BCUT2D eigenvalue weighted by molar-refractivity contribution is 6.05. The molecular weight excluding hydrogens is 296 g/mol. The Hall–Kier alpha value is -2.59. The van der Waals surface area contributed by atoms with Gasteiger partial charge in [-0.15, -0.1) is 0 Å². The van der Waals surface area contributed by atoms with Crippen molar-refractivity contribution in [2.24, 2.45) is 5.10 Å². The third-order valence-corrected chi connectivity index (χ3v) is 4.64. The van der Waals surface area contributed by atoms with Crippen LogP contribution in [0.15, 0.2) is 59.7 Å². The zero-order valence-electron chi connectivity index (χ0n) is 13.9. The van der Waals surface area contributed by atoms with Crippen LogP contribution in [-0.2, 0) is 0 Å². The number of hydrogen-bond donors (Lipinski definition) is 1. The molecular formula is C20H22N4. The number of H-pyrrole nitrogens is 1. The predicted molar refractivity (Wildman–Crippen MR) is 100 cm³/mol. The Labute approximate surface area is 142 Å². The van der Waals surface area contributed by atoms with Gasteiger partial charge in [0.25, 0.3) is 0 Å². The zero-order valence-corrected chi connectivity index (χ0v) is 13.9.